The van der Waals surface area contributed by atoms with Crippen LogP contribution in [0.15, 0.2) is 0 Å². The quantitative estimate of drug-likeness (QED) is 0.679. The number of nitrogens with zero attached hydrogens (tertiary/aromatic N) is 1. The van der Waals surface area contributed by atoms with Crippen molar-refractivity contribution in [3.63, 3.8) is 0 Å². The molecule has 13 heavy (non-hydrogen) atoms. The number of hydrogen-bond donors (Lipinski definition) is 1. The first-order valence-electron chi connectivity index (χ1n) is 4.90. The van der Waals surface area contributed by atoms with Crippen LogP contribution in [-0.2, 0) is 10.2 Å². The van der Waals surface area contributed by atoms with Gasteiger partial charge in [-0.25, -0.2) is 5.14 Å². The molecule has 4 nitrogen and oxygen atoms in total. The molecule has 0 amide bonds. The van der Waals surface area contributed by atoms with Gasteiger partial charge in [0.25, 0.3) is 10.2 Å². The minimum atomic E-state index is -3.45. The van der Waals surface area contributed by atoms with Crippen molar-refractivity contribution in [2.24, 2.45) is 5.14 Å². The first-order chi connectivity index (χ1) is 6.09. The zero-order valence-electron chi connectivity index (χ0n) is 7.65. The average Bonchev–Trinajstić information content (AvgIpc) is 2.01. The van der Waals surface area contributed by atoms with E-state index in [1.807, 2.05) is 0 Å². The van der Waals surface area contributed by atoms with Gasteiger partial charge in [0.1, 0.15) is 0 Å². The van der Waals surface area contributed by atoms with Crippen molar-refractivity contribution in [2.75, 3.05) is 0 Å². The van der Waals surface area contributed by atoms with Crippen LogP contribution >= 0.6 is 0 Å². The zero-order valence-corrected chi connectivity index (χ0v) is 8.46. The summed E-state index contributed by atoms with van der Waals surface area (Å²) < 4.78 is 24.2. The van der Waals surface area contributed by atoms with Crippen LogP contribution in [0.1, 0.15) is 38.5 Å². The highest BCUT2D eigenvalue weighted by molar-refractivity contribution is 7.86. The Bertz CT molecular complexity index is 267. The van der Waals surface area contributed by atoms with Gasteiger partial charge in [-0.05, 0) is 25.7 Å². The highest BCUT2D eigenvalue weighted by Crippen LogP contribution is 2.34. The molecule has 2 bridgehead atoms. The molecule has 0 aromatic rings. The van der Waals surface area contributed by atoms with Crippen molar-refractivity contribution in [1.82, 2.24) is 4.31 Å². The first-order valence-corrected chi connectivity index (χ1v) is 6.40. The van der Waals surface area contributed by atoms with E-state index in [4.69, 9.17) is 5.14 Å². The van der Waals surface area contributed by atoms with E-state index in [9.17, 15) is 8.42 Å². The lowest BCUT2D eigenvalue weighted by atomic mass is 9.87. The predicted octanol–water partition coefficient (Wildman–Crippen LogP) is 0.597. The van der Waals surface area contributed by atoms with Crippen molar-refractivity contribution < 1.29 is 8.42 Å². The lowest BCUT2D eigenvalue weighted by molar-refractivity contribution is 0.124. The van der Waals surface area contributed by atoms with Gasteiger partial charge in [-0.1, -0.05) is 12.8 Å². The molecule has 0 spiro atoms. The lowest BCUT2D eigenvalue weighted by Crippen LogP contribution is -2.54. The Kier molecular flexibility index (Phi) is 2.33. The number of fused-ring (bicyclic) bond motifs is 2. The Balaban J connectivity index is 2.25. The van der Waals surface area contributed by atoms with Crippen molar-refractivity contribution in [3.05, 3.63) is 0 Å². The molecule has 0 atom stereocenters. The molecule has 0 aliphatic carbocycles. The molecule has 0 aromatic heterocycles. The van der Waals surface area contributed by atoms with Gasteiger partial charge in [0.2, 0.25) is 0 Å². The number of rotatable bonds is 1. The second-order valence-corrected chi connectivity index (χ2v) is 5.50. The summed E-state index contributed by atoms with van der Waals surface area (Å²) in [5, 5.41) is 5.20. The van der Waals surface area contributed by atoms with E-state index in [1.54, 1.807) is 4.31 Å². The maximum absolute atomic E-state index is 11.3. The number of nitrogens with two attached hydrogens (primary N) is 1. The van der Waals surface area contributed by atoms with Gasteiger partial charge in [-0.3, -0.25) is 0 Å². The molecule has 76 valence electrons. The normalized spacial score (nSPS) is 36.1. The van der Waals surface area contributed by atoms with E-state index in [1.165, 1.54) is 0 Å². The Morgan fingerprint density at radius 3 is 1.62 bits per heavy atom. The molecular formula is C8H16N2O2S. The van der Waals surface area contributed by atoms with Crippen molar-refractivity contribution in [3.8, 4) is 0 Å². The molecule has 0 unspecified atom stereocenters. The van der Waals surface area contributed by atoms with Gasteiger partial charge in [0.05, 0.1) is 0 Å². The van der Waals surface area contributed by atoms with Crippen LogP contribution in [0.5, 0.6) is 0 Å². The van der Waals surface area contributed by atoms with E-state index in [0.717, 1.165) is 38.5 Å². The van der Waals surface area contributed by atoms with E-state index >= 15 is 0 Å². The largest absolute Gasteiger partial charge is 0.277 e. The first kappa shape index (κ1) is 9.43. The fourth-order valence-corrected chi connectivity index (χ4v) is 3.94. The van der Waals surface area contributed by atoms with E-state index in [0.29, 0.717) is 0 Å². The molecule has 5 heteroatoms. The minimum Gasteiger partial charge on any atom is -0.216 e. The minimum absolute atomic E-state index is 0.197. The van der Waals surface area contributed by atoms with Crippen molar-refractivity contribution in [2.45, 2.75) is 50.6 Å². The summed E-state index contributed by atoms with van der Waals surface area (Å²) in [6.07, 6.45) is 6.28. The number of hydrogen-bond acceptors (Lipinski definition) is 2. The van der Waals surface area contributed by atoms with Crippen LogP contribution in [0, 0.1) is 0 Å². The Labute approximate surface area is 79.3 Å². The van der Waals surface area contributed by atoms with Gasteiger partial charge in [-0.2, -0.15) is 12.7 Å². The van der Waals surface area contributed by atoms with Crippen LogP contribution in [0.3, 0.4) is 0 Å². The summed E-state index contributed by atoms with van der Waals surface area (Å²) in [6, 6.07) is 0.394. The molecule has 2 fully saturated rings. The zero-order chi connectivity index (χ0) is 9.47. The Morgan fingerprint density at radius 1 is 1.00 bits per heavy atom. The summed E-state index contributed by atoms with van der Waals surface area (Å²) >= 11 is 0. The molecule has 0 saturated carbocycles. The molecule has 2 heterocycles. The van der Waals surface area contributed by atoms with Gasteiger partial charge in [0, 0.05) is 12.1 Å². The molecule has 2 aliphatic rings. The third-order valence-corrected chi connectivity index (χ3v) is 4.35. The van der Waals surface area contributed by atoms with Gasteiger partial charge in [0.15, 0.2) is 0 Å². The van der Waals surface area contributed by atoms with Gasteiger partial charge in [-0.15, -0.1) is 0 Å². The lowest BCUT2D eigenvalue weighted by Gasteiger charge is -2.43. The van der Waals surface area contributed by atoms with Gasteiger partial charge >= 0.3 is 0 Å². The molecular weight excluding hydrogens is 188 g/mol. The van der Waals surface area contributed by atoms with Crippen molar-refractivity contribution >= 4 is 10.2 Å². The smallest absolute Gasteiger partial charge is 0.216 e. The van der Waals surface area contributed by atoms with E-state index in [-0.39, 0.29) is 12.1 Å². The molecule has 2 aliphatic heterocycles. The van der Waals surface area contributed by atoms with E-state index < -0.39 is 10.2 Å². The Hall–Kier alpha value is -0.130. The molecule has 2 rings (SSSR count). The SMILES string of the molecule is NS(=O)(=O)N1C2CCCC1CCC2. The van der Waals surface area contributed by atoms with Crippen LogP contribution < -0.4 is 5.14 Å². The van der Waals surface area contributed by atoms with Crippen LogP contribution in [-0.4, -0.2) is 24.8 Å². The van der Waals surface area contributed by atoms with E-state index in [2.05, 4.69) is 0 Å². The van der Waals surface area contributed by atoms with Crippen molar-refractivity contribution in [1.29, 1.82) is 0 Å². The van der Waals surface area contributed by atoms with Crippen LogP contribution in [0.4, 0.5) is 0 Å². The topological polar surface area (TPSA) is 63.4 Å². The summed E-state index contributed by atoms with van der Waals surface area (Å²) in [7, 11) is -3.45. The van der Waals surface area contributed by atoms with Crippen LogP contribution in [0.2, 0.25) is 0 Å². The highest BCUT2D eigenvalue weighted by Gasteiger charge is 2.39. The fourth-order valence-electron chi connectivity index (χ4n) is 2.69. The summed E-state index contributed by atoms with van der Waals surface area (Å²) in [6.45, 7) is 0. The predicted molar refractivity (Wildman–Crippen MR) is 50.2 cm³/mol. The third-order valence-electron chi connectivity index (χ3n) is 3.16. The molecule has 2 saturated heterocycles. The van der Waals surface area contributed by atoms with Crippen LogP contribution in [0.25, 0.3) is 0 Å². The average molecular weight is 204 g/mol. The molecule has 2 N–H and O–H groups in total. The monoisotopic (exact) mass is 204 g/mol. The summed E-state index contributed by atoms with van der Waals surface area (Å²) in [5.41, 5.74) is 0. The fraction of sp³-hybridized carbons (Fsp3) is 1.00. The van der Waals surface area contributed by atoms with Gasteiger partial charge < -0.3 is 0 Å². The Morgan fingerprint density at radius 2 is 1.38 bits per heavy atom. The second-order valence-electron chi connectivity index (χ2n) is 4.04. The molecule has 0 aromatic carbocycles. The second kappa shape index (κ2) is 3.22. The molecule has 0 radical (unpaired) electrons. The maximum atomic E-state index is 11.3. The highest BCUT2D eigenvalue weighted by atomic mass is 32.2. The summed E-state index contributed by atoms with van der Waals surface area (Å²) in [4.78, 5) is 0. The third kappa shape index (κ3) is 1.73. The standard InChI is InChI=1S/C8H16N2O2S/c9-13(11,12)10-7-3-1-4-8(10)6-2-5-7/h7-8H,1-6H2,(H2,9,11,12). The maximum Gasteiger partial charge on any atom is 0.277 e. The number of piperidine rings is 2. The summed E-state index contributed by atoms with van der Waals surface area (Å²) in [5.74, 6) is 0.